The van der Waals surface area contributed by atoms with Gasteiger partial charge in [-0.25, -0.2) is 0 Å². The van der Waals surface area contributed by atoms with Gasteiger partial charge in [0.15, 0.2) is 0 Å². The van der Waals surface area contributed by atoms with Gasteiger partial charge in [-0.05, 0) is 44.7 Å². The van der Waals surface area contributed by atoms with E-state index in [-0.39, 0.29) is 12.4 Å². The topological polar surface area (TPSA) is 32.3 Å². The van der Waals surface area contributed by atoms with Crippen LogP contribution in [0.3, 0.4) is 0 Å². The van der Waals surface area contributed by atoms with Crippen molar-refractivity contribution < 1.29 is 4.79 Å². The largest absolute Gasteiger partial charge is 0.343 e. The molecule has 18 heavy (non-hydrogen) atoms. The minimum Gasteiger partial charge on any atom is -0.343 e. The third-order valence-electron chi connectivity index (χ3n) is 3.89. The molecule has 0 aromatic carbocycles. The van der Waals surface area contributed by atoms with Crippen LogP contribution in [-0.2, 0) is 4.79 Å². The molecule has 0 spiro atoms. The highest BCUT2D eigenvalue weighted by molar-refractivity contribution is 5.85. The molecule has 2 atom stereocenters. The van der Waals surface area contributed by atoms with Gasteiger partial charge in [-0.1, -0.05) is 20.3 Å². The summed E-state index contributed by atoms with van der Waals surface area (Å²) in [6.07, 6.45) is 4.18. The summed E-state index contributed by atoms with van der Waals surface area (Å²) in [6.45, 7) is 10.5. The second kappa shape index (κ2) is 9.62. The normalized spacial score (nSPS) is 20.3. The van der Waals surface area contributed by atoms with Gasteiger partial charge < -0.3 is 10.2 Å². The maximum atomic E-state index is 12.1. The zero-order valence-electron chi connectivity index (χ0n) is 12.1. The molecule has 1 saturated heterocycles. The van der Waals surface area contributed by atoms with E-state index >= 15 is 0 Å². The average molecular weight is 277 g/mol. The van der Waals surface area contributed by atoms with Crippen LogP contribution in [-0.4, -0.2) is 37.0 Å². The first kappa shape index (κ1) is 17.7. The van der Waals surface area contributed by atoms with Crippen molar-refractivity contribution in [2.24, 2.45) is 11.8 Å². The molecule has 1 aliphatic heterocycles. The molecule has 0 saturated carbocycles. The van der Waals surface area contributed by atoms with Gasteiger partial charge in [0.05, 0.1) is 0 Å². The first-order valence-corrected chi connectivity index (χ1v) is 7.15. The summed E-state index contributed by atoms with van der Waals surface area (Å²) in [5.74, 6) is 1.69. The number of carbonyl (C=O) groups is 1. The van der Waals surface area contributed by atoms with Crippen molar-refractivity contribution in [3.05, 3.63) is 0 Å². The number of amides is 1. The summed E-state index contributed by atoms with van der Waals surface area (Å²) in [4.78, 5) is 14.1. The highest BCUT2D eigenvalue weighted by Crippen LogP contribution is 2.15. The molecule has 1 N–H and O–H groups in total. The quantitative estimate of drug-likeness (QED) is 0.775. The van der Waals surface area contributed by atoms with Gasteiger partial charge in [-0.3, -0.25) is 4.79 Å². The van der Waals surface area contributed by atoms with Crippen LogP contribution < -0.4 is 5.32 Å². The van der Waals surface area contributed by atoms with E-state index in [9.17, 15) is 4.79 Å². The molecule has 0 aromatic heterocycles. The Hall–Kier alpha value is -0.280. The Morgan fingerprint density at radius 1 is 1.44 bits per heavy atom. The maximum absolute atomic E-state index is 12.1. The monoisotopic (exact) mass is 276 g/mol. The lowest BCUT2D eigenvalue weighted by atomic mass is 10.0. The fraction of sp³-hybridized carbons (Fsp3) is 0.929. The van der Waals surface area contributed by atoms with Gasteiger partial charge in [0.2, 0.25) is 5.91 Å². The Kier molecular flexibility index (Phi) is 9.47. The molecule has 1 fully saturated rings. The standard InChI is InChI=1S/C14H28N2O.ClH/c1-4-12(3)11-16(5-2)14(17)7-6-13-8-9-15-10-13;/h12-13,15H,4-11H2,1-3H3;1H. The SMILES string of the molecule is CCC(C)CN(CC)C(=O)CCC1CCNC1.Cl. The van der Waals surface area contributed by atoms with E-state index in [0.29, 0.717) is 11.8 Å². The predicted molar refractivity (Wildman–Crippen MR) is 79.2 cm³/mol. The van der Waals surface area contributed by atoms with Crippen molar-refractivity contribution in [3.8, 4) is 0 Å². The van der Waals surface area contributed by atoms with E-state index < -0.39 is 0 Å². The van der Waals surface area contributed by atoms with Gasteiger partial charge in [0, 0.05) is 19.5 Å². The molecule has 0 aliphatic carbocycles. The van der Waals surface area contributed by atoms with Crippen molar-refractivity contribution in [2.75, 3.05) is 26.2 Å². The molecule has 1 amide bonds. The zero-order valence-corrected chi connectivity index (χ0v) is 12.9. The summed E-state index contributed by atoms with van der Waals surface area (Å²) in [5, 5.41) is 3.36. The molecular formula is C14H29ClN2O. The van der Waals surface area contributed by atoms with Crippen LogP contribution in [0.5, 0.6) is 0 Å². The molecule has 108 valence electrons. The van der Waals surface area contributed by atoms with Crippen molar-refractivity contribution in [1.29, 1.82) is 0 Å². The van der Waals surface area contributed by atoms with E-state index in [0.717, 1.165) is 51.4 Å². The van der Waals surface area contributed by atoms with Crippen molar-refractivity contribution in [1.82, 2.24) is 10.2 Å². The van der Waals surface area contributed by atoms with Crippen molar-refractivity contribution >= 4 is 18.3 Å². The smallest absolute Gasteiger partial charge is 0.222 e. The summed E-state index contributed by atoms with van der Waals surface area (Å²) in [5.41, 5.74) is 0. The van der Waals surface area contributed by atoms with Gasteiger partial charge >= 0.3 is 0 Å². The maximum Gasteiger partial charge on any atom is 0.222 e. The van der Waals surface area contributed by atoms with Crippen LogP contribution in [0, 0.1) is 11.8 Å². The third-order valence-corrected chi connectivity index (χ3v) is 3.89. The van der Waals surface area contributed by atoms with Crippen molar-refractivity contribution in [3.63, 3.8) is 0 Å². The van der Waals surface area contributed by atoms with E-state index in [1.807, 2.05) is 4.90 Å². The molecule has 0 bridgehead atoms. The number of hydrogen-bond donors (Lipinski definition) is 1. The molecule has 1 aliphatic rings. The Labute approximate surface area is 118 Å². The average Bonchev–Trinajstić information content (AvgIpc) is 2.85. The molecular weight excluding hydrogens is 248 g/mol. The number of hydrogen-bond acceptors (Lipinski definition) is 2. The lowest BCUT2D eigenvalue weighted by Gasteiger charge is -2.24. The zero-order chi connectivity index (χ0) is 12.7. The van der Waals surface area contributed by atoms with Crippen LogP contribution in [0.4, 0.5) is 0 Å². The summed E-state index contributed by atoms with van der Waals surface area (Å²) in [6, 6.07) is 0. The second-order valence-corrected chi connectivity index (χ2v) is 5.34. The van der Waals surface area contributed by atoms with E-state index in [2.05, 4.69) is 26.1 Å². The van der Waals surface area contributed by atoms with Crippen LogP contribution in [0.2, 0.25) is 0 Å². The number of nitrogens with zero attached hydrogens (tertiary/aromatic N) is 1. The number of halogens is 1. The summed E-state index contributed by atoms with van der Waals surface area (Å²) < 4.78 is 0. The second-order valence-electron chi connectivity index (χ2n) is 5.34. The molecule has 2 unspecified atom stereocenters. The fourth-order valence-electron chi connectivity index (χ4n) is 2.36. The Balaban J connectivity index is 0.00000289. The molecule has 0 aromatic rings. The first-order chi connectivity index (χ1) is 8.17. The van der Waals surface area contributed by atoms with E-state index in [4.69, 9.17) is 0 Å². The van der Waals surface area contributed by atoms with Gasteiger partial charge in [0.25, 0.3) is 0 Å². The van der Waals surface area contributed by atoms with Gasteiger partial charge in [-0.15, -0.1) is 12.4 Å². The van der Waals surface area contributed by atoms with Crippen LogP contribution in [0.1, 0.15) is 46.5 Å². The molecule has 3 nitrogen and oxygen atoms in total. The fourth-order valence-corrected chi connectivity index (χ4v) is 2.36. The van der Waals surface area contributed by atoms with Crippen LogP contribution in [0.15, 0.2) is 0 Å². The van der Waals surface area contributed by atoms with E-state index in [1.165, 1.54) is 6.42 Å². The minimum absolute atomic E-state index is 0. The predicted octanol–water partition coefficient (Wildman–Crippen LogP) is 2.69. The number of nitrogens with one attached hydrogen (secondary N) is 1. The van der Waals surface area contributed by atoms with Gasteiger partial charge in [0.1, 0.15) is 0 Å². The highest BCUT2D eigenvalue weighted by Gasteiger charge is 2.18. The van der Waals surface area contributed by atoms with Crippen LogP contribution in [0.25, 0.3) is 0 Å². The molecule has 1 rings (SSSR count). The summed E-state index contributed by atoms with van der Waals surface area (Å²) in [7, 11) is 0. The molecule has 1 heterocycles. The summed E-state index contributed by atoms with van der Waals surface area (Å²) >= 11 is 0. The first-order valence-electron chi connectivity index (χ1n) is 7.15. The molecule has 4 heteroatoms. The molecule has 0 radical (unpaired) electrons. The van der Waals surface area contributed by atoms with Crippen molar-refractivity contribution in [2.45, 2.75) is 46.5 Å². The lowest BCUT2D eigenvalue weighted by molar-refractivity contribution is -0.131. The van der Waals surface area contributed by atoms with Gasteiger partial charge in [-0.2, -0.15) is 0 Å². The number of carbonyl (C=O) groups excluding carboxylic acids is 1. The van der Waals surface area contributed by atoms with E-state index in [1.54, 1.807) is 0 Å². The Morgan fingerprint density at radius 2 is 2.17 bits per heavy atom. The Bertz CT molecular complexity index is 230. The highest BCUT2D eigenvalue weighted by atomic mass is 35.5. The third kappa shape index (κ3) is 6.05. The minimum atomic E-state index is 0. The Morgan fingerprint density at radius 3 is 2.67 bits per heavy atom. The number of rotatable bonds is 7. The van der Waals surface area contributed by atoms with Crippen LogP contribution >= 0.6 is 12.4 Å². The lowest BCUT2D eigenvalue weighted by Crippen LogP contribution is -2.34.